The Labute approximate surface area is 105 Å². The molecule has 0 spiro atoms. The number of halogens is 1. The number of unbranched alkanes of at least 4 members (excludes halogenated alkanes) is 1. The second kappa shape index (κ2) is 9.86. The molecule has 2 heteroatoms. The van der Waals surface area contributed by atoms with Crippen molar-refractivity contribution in [2.75, 3.05) is 0 Å². The van der Waals surface area contributed by atoms with Crippen LogP contribution in [0.4, 0.5) is 0 Å². The van der Waals surface area contributed by atoms with E-state index in [9.17, 15) is 0 Å². The van der Waals surface area contributed by atoms with Crippen molar-refractivity contribution < 1.29 is 16.3 Å². The van der Waals surface area contributed by atoms with E-state index in [1.165, 1.54) is 40.3 Å². The van der Waals surface area contributed by atoms with Crippen LogP contribution in [0.25, 0.3) is 0 Å². The molecule has 0 unspecified atom stereocenters. The zero-order chi connectivity index (χ0) is 10.8. The molecule has 0 atom stereocenters. The summed E-state index contributed by atoms with van der Waals surface area (Å²) in [7, 11) is 0. The molecule has 0 bridgehead atoms. The Morgan fingerprint density at radius 3 is 2.07 bits per heavy atom. The third-order valence-corrected chi connectivity index (χ3v) is 2.15. The van der Waals surface area contributed by atoms with E-state index in [2.05, 4.69) is 58.2 Å². The maximum absolute atomic E-state index is 3.06. The van der Waals surface area contributed by atoms with Crippen LogP contribution >= 0.6 is 13.6 Å². The third-order valence-electron chi connectivity index (χ3n) is 2.15. The van der Waals surface area contributed by atoms with Crippen molar-refractivity contribution in [1.82, 2.24) is 0 Å². The molecule has 0 aliphatic carbocycles. The normalized spacial score (nSPS) is 9.21. The first-order chi connectivity index (χ1) is 6.86. The summed E-state index contributed by atoms with van der Waals surface area (Å²) in [6.45, 7) is 4.30. The van der Waals surface area contributed by atoms with Gasteiger partial charge in [-0.25, -0.2) is 0 Å². The van der Waals surface area contributed by atoms with Gasteiger partial charge in [0.15, 0.2) is 0 Å². The first-order valence-corrected chi connectivity index (χ1v) is 11.9. The van der Waals surface area contributed by atoms with E-state index in [-0.39, 0.29) is 0 Å². The van der Waals surface area contributed by atoms with Crippen LogP contribution in [0.1, 0.15) is 31.4 Å². The van der Waals surface area contributed by atoms with Gasteiger partial charge >= 0.3 is 30.0 Å². The van der Waals surface area contributed by atoms with Crippen LogP contribution in [0.15, 0.2) is 24.3 Å². The van der Waals surface area contributed by atoms with Crippen molar-refractivity contribution in [2.45, 2.75) is 33.1 Å². The molecule has 14 heavy (non-hydrogen) atoms. The average molecular weight is 307 g/mol. The summed E-state index contributed by atoms with van der Waals surface area (Å²) in [6.07, 6.45) is 5.72. The maximum atomic E-state index is 3.06. The van der Waals surface area contributed by atoms with Crippen molar-refractivity contribution in [2.24, 2.45) is 0 Å². The zero-order valence-electron chi connectivity index (χ0n) is 9.09. The van der Waals surface area contributed by atoms with Crippen LogP contribution < -0.4 is 0 Å². The number of rotatable bonds is 4. The van der Waals surface area contributed by atoms with Crippen LogP contribution in [0.5, 0.6) is 0 Å². The van der Waals surface area contributed by atoms with Crippen LogP contribution in [0.3, 0.4) is 0 Å². The molecular weight excluding hydrogens is 289 g/mol. The zero-order valence-corrected chi connectivity index (χ0v) is 13.6. The summed E-state index contributed by atoms with van der Waals surface area (Å²) in [6, 6.07) is 8.93. The molecule has 0 aliphatic heterocycles. The van der Waals surface area contributed by atoms with Crippen LogP contribution in [0.2, 0.25) is 0 Å². The fourth-order valence-electron chi connectivity index (χ4n) is 1.25. The number of aryl methyl sites for hydroxylation is 2. The van der Waals surface area contributed by atoms with E-state index < -0.39 is 0 Å². The number of hydrogen-bond acceptors (Lipinski definition) is 0. The second-order valence-corrected chi connectivity index (χ2v) is 3.12. The van der Waals surface area contributed by atoms with E-state index >= 15 is 0 Å². The van der Waals surface area contributed by atoms with Gasteiger partial charge in [0, 0.05) is 0 Å². The quantitative estimate of drug-likeness (QED) is 0.576. The van der Waals surface area contributed by atoms with Crippen molar-refractivity contribution in [3.8, 4) is 0 Å². The Morgan fingerprint density at radius 1 is 1.14 bits per heavy atom. The SMILES string of the molecule is C[CH-]CCc1ccc(CC)cc1.[Zn+][Br]. The third kappa shape index (κ3) is 5.93. The topological polar surface area (TPSA) is 0 Å². The summed E-state index contributed by atoms with van der Waals surface area (Å²) < 4.78 is 0. The van der Waals surface area contributed by atoms with Crippen molar-refractivity contribution in [1.29, 1.82) is 0 Å². The summed E-state index contributed by atoms with van der Waals surface area (Å²) in [5.41, 5.74) is 2.88. The van der Waals surface area contributed by atoms with E-state index in [0.29, 0.717) is 0 Å². The second-order valence-electron chi connectivity index (χ2n) is 3.12. The molecule has 0 nitrogen and oxygen atoms in total. The van der Waals surface area contributed by atoms with Gasteiger partial charge in [-0.1, -0.05) is 43.2 Å². The Morgan fingerprint density at radius 2 is 1.64 bits per heavy atom. The predicted octanol–water partition coefficient (Wildman–Crippen LogP) is 4.25. The van der Waals surface area contributed by atoms with Gasteiger partial charge in [0.2, 0.25) is 0 Å². The monoisotopic (exact) mass is 304 g/mol. The van der Waals surface area contributed by atoms with Crippen molar-refractivity contribution in [3.63, 3.8) is 0 Å². The number of benzene rings is 1. The molecule has 0 aromatic heterocycles. The fourth-order valence-corrected chi connectivity index (χ4v) is 1.25. The molecule has 0 fully saturated rings. The van der Waals surface area contributed by atoms with Gasteiger partial charge in [0.1, 0.15) is 0 Å². The standard InChI is InChI=1S/C12H17.BrH.Zn/c1-3-5-6-12-9-7-11(4-2)8-10-12;;/h3,7-10H,4-6H2,1-2H3;1H;/q-1;;+2/p-1. The van der Waals surface area contributed by atoms with Crippen molar-refractivity contribution in [3.05, 3.63) is 41.8 Å². The van der Waals surface area contributed by atoms with Gasteiger partial charge in [-0.05, 0) is 12.0 Å². The summed E-state index contributed by atoms with van der Waals surface area (Å²) in [5.74, 6) is 0. The predicted molar refractivity (Wildman–Crippen MR) is 63.0 cm³/mol. The van der Waals surface area contributed by atoms with Crippen LogP contribution in [0, 0.1) is 6.42 Å². The van der Waals surface area contributed by atoms with Gasteiger partial charge in [0.25, 0.3) is 0 Å². The number of hydrogen-bond donors (Lipinski definition) is 0. The Balaban J connectivity index is 0.000000791. The van der Waals surface area contributed by atoms with Gasteiger partial charge in [0.05, 0.1) is 0 Å². The molecule has 0 heterocycles. The molecule has 1 aromatic rings. The van der Waals surface area contributed by atoms with E-state index in [0.717, 1.165) is 6.42 Å². The summed E-state index contributed by atoms with van der Waals surface area (Å²) >= 11 is 4.25. The summed E-state index contributed by atoms with van der Waals surface area (Å²) in [5, 5.41) is 0. The molecule has 0 amide bonds. The molecule has 1 aromatic carbocycles. The average Bonchev–Trinajstić information content (AvgIpc) is 2.30. The van der Waals surface area contributed by atoms with E-state index in [4.69, 9.17) is 0 Å². The first-order valence-electron chi connectivity index (χ1n) is 4.99. The van der Waals surface area contributed by atoms with Crippen LogP contribution in [-0.4, -0.2) is 0 Å². The summed E-state index contributed by atoms with van der Waals surface area (Å²) in [4.78, 5) is 0. The van der Waals surface area contributed by atoms with E-state index in [1.54, 1.807) is 0 Å². The van der Waals surface area contributed by atoms with E-state index in [1.807, 2.05) is 0 Å². The first kappa shape index (κ1) is 14.3. The Kier molecular flexibility index (Phi) is 10.1. The molecule has 0 N–H and O–H groups in total. The van der Waals surface area contributed by atoms with Crippen molar-refractivity contribution >= 4 is 13.6 Å². The Hall–Kier alpha value is 0.323. The van der Waals surface area contributed by atoms with Gasteiger partial charge in [-0.3, -0.25) is 0 Å². The molecule has 0 saturated carbocycles. The molecule has 0 radical (unpaired) electrons. The minimum atomic E-state index is 1.14. The van der Waals surface area contributed by atoms with Gasteiger partial charge in [-0.15, -0.1) is 0 Å². The van der Waals surface area contributed by atoms with Gasteiger partial charge < -0.3 is 6.42 Å². The van der Waals surface area contributed by atoms with Gasteiger partial charge in [-0.2, -0.15) is 13.3 Å². The molecule has 1 rings (SSSR count). The molecule has 0 aliphatic rings. The Bertz CT molecular complexity index is 218. The molecule has 74 valence electrons. The minimum absolute atomic E-state index is 1.14. The molecular formula is C12H17BrZn. The fraction of sp³-hybridized carbons (Fsp3) is 0.417. The van der Waals surface area contributed by atoms with Crippen LogP contribution in [-0.2, 0) is 29.2 Å². The molecule has 0 saturated heterocycles.